The van der Waals surface area contributed by atoms with E-state index in [9.17, 15) is 31.9 Å². The lowest BCUT2D eigenvalue weighted by Gasteiger charge is -2.31. The van der Waals surface area contributed by atoms with Gasteiger partial charge in [-0.25, -0.2) is 13.8 Å². The molecule has 1 aliphatic rings. The highest BCUT2D eigenvalue weighted by Crippen LogP contribution is 2.33. The SMILES string of the molecule is COC(=O)C(C)c1cc(-c2nc(C(=O)N3CCCC(F)(F)C3)co2)ccc1CNC(=O)C(F)(F)c1cccs1. The number of nitrogens with one attached hydrogen (secondary N) is 1. The highest BCUT2D eigenvalue weighted by Gasteiger charge is 2.42. The summed E-state index contributed by atoms with van der Waals surface area (Å²) in [6.07, 6.45) is 0.935. The van der Waals surface area contributed by atoms with Crippen LogP contribution < -0.4 is 5.32 Å². The number of methoxy groups -OCH3 is 1. The quantitative estimate of drug-likeness (QED) is 0.305. The van der Waals surface area contributed by atoms with Crippen LogP contribution in [0, 0.1) is 0 Å². The number of likely N-dealkylation sites (tertiary alicyclic amines) is 1. The molecule has 3 heterocycles. The molecule has 0 radical (unpaired) electrons. The minimum atomic E-state index is -3.73. The van der Waals surface area contributed by atoms with Gasteiger partial charge in [-0.15, -0.1) is 11.3 Å². The Morgan fingerprint density at radius 3 is 2.72 bits per heavy atom. The van der Waals surface area contributed by atoms with Crippen LogP contribution in [0.15, 0.2) is 46.4 Å². The van der Waals surface area contributed by atoms with Crippen molar-refractivity contribution in [2.45, 2.75) is 44.1 Å². The number of hydrogen-bond donors (Lipinski definition) is 1. The van der Waals surface area contributed by atoms with Gasteiger partial charge in [0.05, 0.1) is 24.4 Å². The molecule has 1 N–H and O–H groups in total. The molecule has 2 aromatic heterocycles. The molecule has 0 aliphatic carbocycles. The van der Waals surface area contributed by atoms with Crippen LogP contribution in [0.1, 0.15) is 52.2 Å². The van der Waals surface area contributed by atoms with Crippen molar-refractivity contribution in [1.82, 2.24) is 15.2 Å². The van der Waals surface area contributed by atoms with Crippen molar-refractivity contribution in [3.63, 3.8) is 0 Å². The molecule has 2 amide bonds. The minimum absolute atomic E-state index is 0.0137. The summed E-state index contributed by atoms with van der Waals surface area (Å²) in [5.74, 6) is -10.4. The molecule has 1 fully saturated rings. The fourth-order valence-corrected chi connectivity index (χ4v) is 4.96. The number of nitrogens with zero attached hydrogens (tertiary/aromatic N) is 2. The van der Waals surface area contributed by atoms with Gasteiger partial charge in [0, 0.05) is 25.1 Å². The second-order valence-corrected chi connectivity index (χ2v) is 10.1. The number of rotatable bonds is 8. The summed E-state index contributed by atoms with van der Waals surface area (Å²) >= 11 is 0.754. The first-order chi connectivity index (χ1) is 18.4. The standard InChI is InChI=1S/C26H25F4N3O5S/c1-15(23(35)37-2)18-11-16(6-7-17(18)12-31-24(36)26(29,30)20-5-3-10-39-20)21-32-19(13-38-21)22(34)33-9-4-8-25(27,28)14-33/h3,5-7,10-11,13,15H,4,8-9,12,14H2,1-2H3,(H,31,36). The van der Waals surface area contributed by atoms with Crippen LogP contribution in [0.4, 0.5) is 17.6 Å². The second kappa shape index (κ2) is 11.2. The third-order valence-electron chi connectivity index (χ3n) is 6.37. The molecule has 0 bridgehead atoms. The van der Waals surface area contributed by atoms with Gasteiger partial charge in [0.25, 0.3) is 17.7 Å². The van der Waals surface area contributed by atoms with E-state index in [0.29, 0.717) is 16.7 Å². The molecular formula is C26H25F4N3O5S. The molecule has 0 spiro atoms. The van der Waals surface area contributed by atoms with E-state index in [4.69, 9.17) is 9.15 Å². The number of alkyl halides is 4. The Kier molecular flexibility index (Phi) is 8.09. The van der Waals surface area contributed by atoms with Crippen molar-refractivity contribution in [2.24, 2.45) is 0 Å². The fraction of sp³-hybridized carbons (Fsp3) is 0.385. The number of benzene rings is 1. The number of piperidine rings is 1. The van der Waals surface area contributed by atoms with Crippen LogP contribution in [0.3, 0.4) is 0 Å². The van der Waals surface area contributed by atoms with E-state index in [1.165, 1.54) is 43.7 Å². The van der Waals surface area contributed by atoms with Crippen LogP contribution in [0.2, 0.25) is 0 Å². The number of carbonyl (C=O) groups excluding carboxylic acids is 3. The topological polar surface area (TPSA) is 102 Å². The van der Waals surface area contributed by atoms with Crippen molar-refractivity contribution >= 4 is 29.1 Å². The molecule has 4 rings (SSSR count). The molecule has 3 aromatic rings. The van der Waals surface area contributed by atoms with Crippen molar-refractivity contribution in [3.8, 4) is 11.5 Å². The minimum Gasteiger partial charge on any atom is -0.469 e. The normalized spacial score (nSPS) is 16.0. The molecule has 1 unspecified atom stereocenters. The predicted molar refractivity (Wildman–Crippen MR) is 133 cm³/mol. The van der Waals surface area contributed by atoms with Crippen LogP contribution in [-0.2, 0) is 26.8 Å². The van der Waals surface area contributed by atoms with Crippen molar-refractivity contribution in [2.75, 3.05) is 20.2 Å². The number of carbonyl (C=O) groups is 3. The maximum Gasteiger partial charge on any atom is 0.358 e. The number of hydrogen-bond acceptors (Lipinski definition) is 7. The van der Waals surface area contributed by atoms with Gasteiger partial charge in [-0.05, 0) is 48.1 Å². The van der Waals surface area contributed by atoms with E-state index >= 15 is 0 Å². The number of amides is 2. The van der Waals surface area contributed by atoms with Gasteiger partial charge in [0.1, 0.15) is 6.26 Å². The maximum atomic E-state index is 14.5. The van der Waals surface area contributed by atoms with Crippen LogP contribution >= 0.6 is 11.3 Å². The van der Waals surface area contributed by atoms with Crippen LogP contribution in [0.5, 0.6) is 0 Å². The maximum absolute atomic E-state index is 14.5. The molecular weight excluding hydrogens is 542 g/mol. The van der Waals surface area contributed by atoms with Gasteiger partial charge in [-0.3, -0.25) is 14.4 Å². The second-order valence-electron chi connectivity index (χ2n) is 9.12. The van der Waals surface area contributed by atoms with E-state index in [0.717, 1.165) is 28.6 Å². The van der Waals surface area contributed by atoms with Gasteiger partial charge in [0.2, 0.25) is 5.89 Å². The predicted octanol–water partition coefficient (Wildman–Crippen LogP) is 4.96. The Bertz CT molecular complexity index is 1360. The van der Waals surface area contributed by atoms with Crippen molar-refractivity contribution in [3.05, 3.63) is 63.7 Å². The van der Waals surface area contributed by atoms with Gasteiger partial charge in [-0.2, -0.15) is 8.78 Å². The summed E-state index contributed by atoms with van der Waals surface area (Å²) in [6.45, 7) is 0.691. The van der Waals surface area contributed by atoms with Crippen LogP contribution in [-0.4, -0.2) is 53.8 Å². The number of esters is 1. The summed E-state index contributed by atoms with van der Waals surface area (Å²) in [4.78, 5) is 42.1. The first-order valence-electron chi connectivity index (χ1n) is 12.0. The first kappa shape index (κ1) is 28.3. The summed E-state index contributed by atoms with van der Waals surface area (Å²) in [6, 6.07) is 7.11. The first-order valence-corrected chi connectivity index (χ1v) is 12.8. The molecule has 0 saturated carbocycles. The molecule has 1 atom stereocenters. The van der Waals surface area contributed by atoms with E-state index in [1.54, 1.807) is 0 Å². The van der Waals surface area contributed by atoms with Gasteiger partial charge < -0.3 is 19.4 Å². The Hall–Kier alpha value is -3.74. The Labute approximate surface area is 225 Å². The molecule has 8 nitrogen and oxygen atoms in total. The molecule has 208 valence electrons. The Morgan fingerprint density at radius 1 is 1.28 bits per heavy atom. The molecule has 1 saturated heterocycles. The lowest BCUT2D eigenvalue weighted by Crippen LogP contribution is -2.45. The molecule has 39 heavy (non-hydrogen) atoms. The van der Waals surface area contributed by atoms with Crippen molar-refractivity contribution in [1.29, 1.82) is 0 Å². The Balaban J connectivity index is 1.57. The monoisotopic (exact) mass is 567 g/mol. The highest BCUT2D eigenvalue weighted by atomic mass is 32.1. The number of oxazole rings is 1. The third-order valence-corrected chi connectivity index (χ3v) is 7.31. The smallest absolute Gasteiger partial charge is 0.358 e. The fourth-order valence-electron chi connectivity index (χ4n) is 4.26. The number of aromatic nitrogens is 1. The Morgan fingerprint density at radius 2 is 2.05 bits per heavy atom. The van der Waals surface area contributed by atoms with Gasteiger partial charge >= 0.3 is 11.9 Å². The molecule has 1 aromatic carbocycles. The lowest BCUT2D eigenvalue weighted by molar-refractivity contribution is -0.146. The van der Waals surface area contributed by atoms with Crippen LogP contribution in [0.25, 0.3) is 11.5 Å². The summed E-state index contributed by atoms with van der Waals surface area (Å²) < 4.78 is 66.7. The van der Waals surface area contributed by atoms with Gasteiger partial charge in [-0.1, -0.05) is 12.1 Å². The van der Waals surface area contributed by atoms with Crippen molar-refractivity contribution < 1.29 is 41.1 Å². The van der Waals surface area contributed by atoms with E-state index in [2.05, 4.69) is 10.3 Å². The third kappa shape index (κ3) is 6.13. The summed E-state index contributed by atoms with van der Waals surface area (Å²) in [5.41, 5.74) is 0.895. The zero-order chi connectivity index (χ0) is 28.4. The van der Waals surface area contributed by atoms with E-state index < -0.39 is 47.0 Å². The van der Waals surface area contributed by atoms with E-state index in [-0.39, 0.29) is 37.5 Å². The zero-order valence-corrected chi connectivity index (χ0v) is 21.8. The molecule has 1 aliphatic heterocycles. The lowest BCUT2D eigenvalue weighted by atomic mass is 9.93. The highest BCUT2D eigenvalue weighted by molar-refractivity contribution is 7.10. The van der Waals surface area contributed by atoms with Gasteiger partial charge in [0.15, 0.2) is 5.69 Å². The largest absolute Gasteiger partial charge is 0.469 e. The number of thiophene rings is 1. The number of ether oxygens (including phenoxy) is 1. The summed E-state index contributed by atoms with van der Waals surface area (Å²) in [7, 11) is 1.20. The number of halogens is 4. The zero-order valence-electron chi connectivity index (χ0n) is 21.0. The average molecular weight is 568 g/mol. The average Bonchev–Trinajstić information content (AvgIpc) is 3.63. The molecule has 13 heteroatoms. The van der Waals surface area contributed by atoms with E-state index in [1.807, 2.05) is 0 Å². The summed E-state index contributed by atoms with van der Waals surface area (Å²) in [5, 5.41) is 3.66.